The fourth-order valence-electron chi connectivity index (χ4n) is 9.23. The molecule has 8 rings (SSSR count). The highest BCUT2D eigenvalue weighted by atomic mass is 32.2. The second-order valence-corrected chi connectivity index (χ2v) is 17.5. The maximum absolute atomic E-state index is 6.67. The first-order chi connectivity index (χ1) is 29.1. The molecule has 6 aromatic carbocycles. The van der Waals surface area contributed by atoms with E-state index in [1.165, 1.54) is 54.3 Å². The molecule has 4 nitrogen and oxygen atoms in total. The Hall–Kier alpha value is -4.49. The lowest BCUT2D eigenvalue weighted by molar-refractivity contribution is -0.0387. The molecule has 0 aliphatic carbocycles. The summed E-state index contributed by atoms with van der Waals surface area (Å²) in [6.07, 6.45) is 4.42. The van der Waals surface area contributed by atoms with E-state index in [-0.39, 0.29) is 24.0 Å². The van der Waals surface area contributed by atoms with E-state index in [0.29, 0.717) is 0 Å². The van der Waals surface area contributed by atoms with Crippen molar-refractivity contribution in [2.45, 2.75) is 86.5 Å². The van der Waals surface area contributed by atoms with Crippen molar-refractivity contribution < 1.29 is 9.47 Å². The number of hydrogen-bond donors (Lipinski definition) is 0. The molecule has 0 bridgehead atoms. The van der Waals surface area contributed by atoms with Crippen LogP contribution in [0.15, 0.2) is 168 Å². The molecule has 6 aromatic rings. The smallest absolute Gasteiger partial charge is 0.0811 e. The highest BCUT2D eigenvalue weighted by Crippen LogP contribution is 2.41. The molecule has 2 aliphatic rings. The highest BCUT2D eigenvalue weighted by molar-refractivity contribution is 7.99. The molecular formula is C54H60N2O2S. The average molecular weight is 801 g/mol. The minimum atomic E-state index is 0.0719. The van der Waals surface area contributed by atoms with Crippen LogP contribution in [0.2, 0.25) is 0 Å². The zero-order chi connectivity index (χ0) is 40.2. The van der Waals surface area contributed by atoms with E-state index in [1.54, 1.807) is 0 Å². The first kappa shape index (κ1) is 41.3. The molecule has 2 aliphatic heterocycles. The predicted molar refractivity (Wildman–Crippen MR) is 244 cm³/mol. The van der Waals surface area contributed by atoms with Gasteiger partial charge in [0.25, 0.3) is 0 Å². The lowest BCUT2D eigenvalue weighted by atomic mass is 9.84. The van der Waals surface area contributed by atoms with E-state index in [1.807, 2.05) is 11.8 Å². The van der Waals surface area contributed by atoms with Crippen LogP contribution < -0.4 is 0 Å². The fourth-order valence-corrected chi connectivity index (χ4v) is 10.3. The van der Waals surface area contributed by atoms with E-state index < -0.39 is 0 Å². The van der Waals surface area contributed by atoms with Crippen LogP contribution in [0.3, 0.4) is 0 Å². The molecule has 0 radical (unpaired) electrons. The van der Waals surface area contributed by atoms with Crippen molar-refractivity contribution in [3.8, 4) is 0 Å². The molecule has 2 fully saturated rings. The Morgan fingerprint density at radius 2 is 0.881 bits per heavy atom. The normalized spacial score (nSPS) is 18.7. The minimum absolute atomic E-state index is 0.0719. The Labute approximate surface area is 357 Å². The molecule has 2 saturated heterocycles. The van der Waals surface area contributed by atoms with Crippen molar-refractivity contribution in [1.29, 1.82) is 0 Å². The number of aryl methyl sites for hydroxylation is 2. The lowest BCUT2D eigenvalue weighted by Crippen LogP contribution is -2.44. The van der Waals surface area contributed by atoms with Crippen molar-refractivity contribution in [1.82, 2.24) is 9.80 Å². The number of benzene rings is 6. The third-order valence-corrected chi connectivity index (χ3v) is 13.3. The molecule has 0 spiro atoms. The average Bonchev–Trinajstić information content (AvgIpc) is 3.27. The standard InChI is InChI=1S/C54H60N2O2S/c1-3-17-45-35-47(53(43-23-13-7-14-24-43)49-39-55(31-33-57-49)37-41-19-9-5-10-20-41)27-29-51(45)59-52-30-28-48(36-46(52)18-4-2)54(44-25-15-8-16-26-44)50-40-56(32-34-58-50)38-42-21-11-6-12-22-42/h5-16,19-30,35-36,49-50,53-54H,3-4,17-18,31-34,37-40H2,1-2H3/t49-,50-,53?,54?/m0/s1. The van der Waals surface area contributed by atoms with Crippen LogP contribution in [0.4, 0.5) is 0 Å². The van der Waals surface area contributed by atoms with E-state index in [9.17, 15) is 0 Å². The molecule has 0 aromatic heterocycles. The summed E-state index contributed by atoms with van der Waals surface area (Å²) >= 11 is 1.95. The molecule has 2 unspecified atom stereocenters. The summed E-state index contributed by atoms with van der Waals surface area (Å²) in [7, 11) is 0. The summed E-state index contributed by atoms with van der Waals surface area (Å²) in [6, 6.07) is 58.4. The van der Waals surface area contributed by atoms with E-state index in [0.717, 1.165) is 78.2 Å². The van der Waals surface area contributed by atoms with Gasteiger partial charge >= 0.3 is 0 Å². The van der Waals surface area contributed by atoms with Gasteiger partial charge in [-0.3, -0.25) is 9.80 Å². The van der Waals surface area contributed by atoms with Crippen LogP contribution >= 0.6 is 11.8 Å². The van der Waals surface area contributed by atoms with E-state index in [2.05, 4.69) is 181 Å². The topological polar surface area (TPSA) is 24.9 Å². The van der Waals surface area contributed by atoms with Gasteiger partial charge in [0.15, 0.2) is 0 Å². The van der Waals surface area contributed by atoms with Crippen LogP contribution in [0.25, 0.3) is 0 Å². The highest BCUT2D eigenvalue weighted by Gasteiger charge is 2.33. The van der Waals surface area contributed by atoms with Crippen molar-refractivity contribution in [2.24, 2.45) is 0 Å². The summed E-state index contributed by atoms with van der Waals surface area (Å²) in [5, 5.41) is 0. The van der Waals surface area contributed by atoms with E-state index in [4.69, 9.17) is 9.47 Å². The summed E-state index contributed by atoms with van der Waals surface area (Å²) in [6.45, 7) is 11.7. The van der Waals surface area contributed by atoms with Gasteiger partial charge in [-0.1, -0.05) is 184 Å². The summed E-state index contributed by atoms with van der Waals surface area (Å²) in [4.78, 5) is 7.85. The first-order valence-electron chi connectivity index (χ1n) is 21.9. The second-order valence-electron chi connectivity index (χ2n) is 16.4. The van der Waals surface area contributed by atoms with Crippen molar-refractivity contribution in [2.75, 3.05) is 39.4 Å². The molecule has 0 saturated carbocycles. The first-order valence-corrected chi connectivity index (χ1v) is 22.8. The summed E-state index contributed by atoms with van der Waals surface area (Å²) in [5.41, 5.74) is 10.9. The van der Waals surface area contributed by atoms with Gasteiger partial charge in [-0.2, -0.15) is 0 Å². The molecule has 0 amide bonds. The van der Waals surface area contributed by atoms with Crippen LogP contribution in [0.5, 0.6) is 0 Å². The predicted octanol–water partition coefficient (Wildman–Crippen LogP) is 11.8. The van der Waals surface area contributed by atoms with Gasteiger partial charge in [-0.15, -0.1) is 0 Å². The molecular weight excluding hydrogens is 741 g/mol. The molecule has 59 heavy (non-hydrogen) atoms. The molecule has 5 heteroatoms. The lowest BCUT2D eigenvalue weighted by Gasteiger charge is -2.38. The van der Waals surface area contributed by atoms with Gasteiger partial charge in [-0.05, 0) is 69.5 Å². The maximum Gasteiger partial charge on any atom is 0.0811 e. The Morgan fingerprint density at radius 1 is 0.492 bits per heavy atom. The second kappa shape index (κ2) is 20.7. The van der Waals surface area contributed by atoms with Crippen LogP contribution in [0, 0.1) is 0 Å². The summed E-state index contributed by atoms with van der Waals surface area (Å²) < 4.78 is 13.3. The molecule has 2 heterocycles. The number of ether oxygens (including phenoxy) is 2. The van der Waals surface area contributed by atoms with Crippen molar-refractivity contribution in [3.05, 3.63) is 202 Å². The van der Waals surface area contributed by atoms with Gasteiger partial charge in [-0.25, -0.2) is 0 Å². The number of rotatable bonds is 16. The van der Waals surface area contributed by atoms with Crippen LogP contribution in [-0.2, 0) is 35.4 Å². The largest absolute Gasteiger partial charge is 0.375 e. The summed E-state index contributed by atoms with van der Waals surface area (Å²) in [5.74, 6) is 0.305. The third kappa shape index (κ3) is 10.6. The molecule has 4 atom stereocenters. The Bertz CT molecular complexity index is 2020. The molecule has 0 N–H and O–H groups in total. The van der Waals surface area contributed by atoms with Crippen molar-refractivity contribution in [3.63, 3.8) is 0 Å². The van der Waals surface area contributed by atoms with Crippen LogP contribution in [-0.4, -0.2) is 61.4 Å². The zero-order valence-electron chi connectivity index (χ0n) is 34.9. The molecule has 304 valence electrons. The Kier molecular flexibility index (Phi) is 14.4. The Balaban J connectivity index is 1.07. The number of nitrogens with zero attached hydrogens (tertiary/aromatic N) is 2. The van der Waals surface area contributed by atoms with Gasteiger partial charge < -0.3 is 9.47 Å². The number of hydrogen-bond acceptors (Lipinski definition) is 5. The van der Waals surface area contributed by atoms with Gasteiger partial charge in [0, 0.05) is 60.9 Å². The Morgan fingerprint density at radius 3 is 1.27 bits per heavy atom. The SMILES string of the molecule is CCCc1cc(C(c2ccccc2)[C@@H]2CN(Cc3ccccc3)CCO2)ccc1Sc1ccc(C(c2ccccc2)[C@@H]2CN(Cc3ccccc3)CCO2)cc1CCC. The van der Waals surface area contributed by atoms with Gasteiger partial charge in [0.1, 0.15) is 0 Å². The van der Waals surface area contributed by atoms with Gasteiger partial charge in [0.05, 0.1) is 25.4 Å². The zero-order valence-corrected chi connectivity index (χ0v) is 35.7. The monoisotopic (exact) mass is 800 g/mol. The quantitative estimate of drug-likeness (QED) is 0.0971. The van der Waals surface area contributed by atoms with Crippen molar-refractivity contribution >= 4 is 11.8 Å². The minimum Gasteiger partial charge on any atom is -0.375 e. The van der Waals surface area contributed by atoms with E-state index >= 15 is 0 Å². The fraction of sp³-hybridized carbons (Fsp3) is 0.333. The third-order valence-electron chi connectivity index (χ3n) is 12.1. The number of morpholine rings is 2. The van der Waals surface area contributed by atoms with Gasteiger partial charge in [0.2, 0.25) is 0 Å². The van der Waals surface area contributed by atoms with Crippen LogP contribution in [0.1, 0.15) is 83.0 Å². The maximum atomic E-state index is 6.67.